The van der Waals surface area contributed by atoms with Gasteiger partial charge in [-0.1, -0.05) is 42.0 Å². The molecule has 1 aromatic heterocycles. The molecule has 0 atom stereocenters. The Morgan fingerprint density at radius 3 is 2.53 bits per heavy atom. The Labute approximate surface area is 200 Å². The second kappa shape index (κ2) is 10.2. The standard InChI is InChI=1S/C25H22FN5O2S/c1-16-5-7-18(8-6-16)23-29-30-25(34)31(23)15-22(32)27-14-17-3-2-4-21(13-17)28-24(33)19-9-11-20(26)12-10-19/h2-13H,14-15H2,1H3,(H,27,32)(H,28,33)(H,30,34). The van der Waals surface area contributed by atoms with Gasteiger partial charge in [0.1, 0.15) is 12.4 Å². The van der Waals surface area contributed by atoms with Crippen LogP contribution in [0.3, 0.4) is 0 Å². The van der Waals surface area contributed by atoms with E-state index in [1.54, 1.807) is 22.8 Å². The summed E-state index contributed by atoms with van der Waals surface area (Å²) < 4.78 is 15.1. The Kier molecular flexibility index (Phi) is 6.93. The summed E-state index contributed by atoms with van der Waals surface area (Å²) >= 11 is 5.30. The number of aromatic amines is 1. The lowest BCUT2D eigenvalue weighted by molar-refractivity contribution is -0.121. The van der Waals surface area contributed by atoms with Crippen LogP contribution in [0, 0.1) is 17.5 Å². The minimum absolute atomic E-state index is 0.0134. The molecule has 7 nitrogen and oxygen atoms in total. The van der Waals surface area contributed by atoms with Gasteiger partial charge in [-0.3, -0.25) is 19.3 Å². The van der Waals surface area contributed by atoms with E-state index in [-0.39, 0.29) is 24.9 Å². The van der Waals surface area contributed by atoms with Gasteiger partial charge in [0, 0.05) is 23.4 Å². The monoisotopic (exact) mass is 475 g/mol. The number of nitrogens with one attached hydrogen (secondary N) is 3. The van der Waals surface area contributed by atoms with Crippen molar-refractivity contribution in [3.05, 3.63) is 100 Å². The first-order valence-corrected chi connectivity index (χ1v) is 10.9. The molecular formula is C25H22FN5O2S. The van der Waals surface area contributed by atoms with E-state index in [9.17, 15) is 14.0 Å². The van der Waals surface area contributed by atoms with E-state index in [1.807, 2.05) is 37.3 Å². The summed E-state index contributed by atoms with van der Waals surface area (Å²) in [6.45, 7) is 2.28. The van der Waals surface area contributed by atoms with Gasteiger partial charge < -0.3 is 10.6 Å². The van der Waals surface area contributed by atoms with Gasteiger partial charge in [0.05, 0.1) is 0 Å². The van der Waals surface area contributed by atoms with Crippen molar-refractivity contribution in [2.24, 2.45) is 0 Å². The number of aromatic nitrogens is 3. The molecule has 0 saturated heterocycles. The SMILES string of the molecule is Cc1ccc(-c2n[nH]c(=S)n2CC(=O)NCc2cccc(NC(=O)c3ccc(F)cc3)c2)cc1. The zero-order chi connectivity index (χ0) is 24.1. The Morgan fingerprint density at radius 2 is 1.79 bits per heavy atom. The third-order valence-corrected chi connectivity index (χ3v) is 5.46. The Balaban J connectivity index is 1.38. The second-order valence-electron chi connectivity index (χ2n) is 7.74. The van der Waals surface area contributed by atoms with Crippen LogP contribution < -0.4 is 10.6 Å². The number of rotatable bonds is 7. The van der Waals surface area contributed by atoms with Gasteiger partial charge in [-0.15, -0.1) is 0 Å². The molecule has 4 rings (SSSR count). The number of carbonyl (C=O) groups is 2. The molecule has 172 valence electrons. The summed E-state index contributed by atoms with van der Waals surface area (Å²) in [6, 6.07) is 20.2. The van der Waals surface area contributed by atoms with Crippen LogP contribution in [0.1, 0.15) is 21.5 Å². The zero-order valence-corrected chi connectivity index (χ0v) is 19.2. The van der Waals surface area contributed by atoms with Gasteiger partial charge >= 0.3 is 0 Å². The lowest BCUT2D eigenvalue weighted by atomic mass is 10.1. The summed E-state index contributed by atoms with van der Waals surface area (Å²) in [7, 11) is 0. The summed E-state index contributed by atoms with van der Waals surface area (Å²) in [5, 5.41) is 12.7. The van der Waals surface area contributed by atoms with Crippen LogP contribution in [0.5, 0.6) is 0 Å². The van der Waals surface area contributed by atoms with E-state index in [4.69, 9.17) is 12.2 Å². The van der Waals surface area contributed by atoms with Crippen LogP contribution in [0.2, 0.25) is 0 Å². The predicted octanol–water partition coefficient (Wildman–Crippen LogP) is 4.62. The molecule has 0 bridgehead atoms. The van der Waals surface area contributed by atoms with E-state index in [0.717, 1.165) is 16.7 Å². The smallest absolute Gasteiger partial charge is 0.255 e. The lowest BCUT2D eigenvalue weighted by Gasteiger charge is -2.10. The number of hydrogen-bond donors (Lipinski definition) is 3. The molecule has 0 radical (unpaired) electrons. The van der Waals surface area contributed by atoms with E-state index in [2.05, 4.69) is 20.8 Å². The van der Waals surface area contributed by atoms with Crippen LogP contribution in [0.4, 0.5) is 10.1 Å². The van der Waals surface area contributed by atoms with Crippen molar-refractivity contribution < 1.29 is 14.0 Å². The van der Waals surface area contributed by atoms with Crippen molar-refractivity contribution in [1.82, 2.24) is 20.1 Å². The summed E-state index contributed by atoms with van der Waals surface area (Å²) in [5.41, 5.74) is 3.70. The van der Waals surface area contributed by atoms with Crippen molar-refractivity contribution in [3.63, 3.8) is 0 Å². The van der Waals surface area contributed by atoms with Crippen LogP contribution in [0.15, 0.2) is 72.8 Å². The topological polar surface area (TPSA) is 91.8 Å². The third-order valence-electron chi connectivity index (χ3n) is 5.15. The van der Waals surface area contributed by atoms with E-state index < -0.39 is 5.82 Å². The molecule has 3 N–H and O–H groups in total. The van der Waals surface area contributed by atoms with E-state index in [0.29, 0.717) is 21.8 Å². The third kappa shape index (κ3) is 5.62. The van der Waals surface area contributed by atoms with Crippen LogP contribution in [-0.4, -0.2) is 26.6 Å². The Morgan fingerprint density at radius 1 is 1.06 bits per heavy atom. The largest absolute Gasteiger partial charge is 0.350 e. The average molecular weight is 476 g/mol. The summed E-state index contributed by atoms with van der Waals surface area (Å²) in [5.74, 6) is -0.395. The number of carbonyl (C=O) groups excluding carboxylic acids is 2. The fourth-order valence-corrected chi connectivity index (χ4v) is 3.55. The fourth-order valence-electron chi connectivity index (χ4n) is 3.35. The van der Waals surface area contributed by atoms with E-state index >= 15 is 0 Å². The van der Waals surface area contributed by atoms with Gasteiger partial charge in [-0.25, -0.2) is 4.39 Å². The first-order valence-electron chi connectivity index (χ1n) is 10.5. The molecule has 0 fully saturated rings. The maximum Gasteiger partial charge on any atom is 0.255 e. The number of H-pyrrole nitrogens is 1. The highest BCUT2D eigenvalue weighted by atomic mass is 32.1. The fraction of sp³-hybridized carbons (Fsp3) is 0.120. The van der Waals surface area contributed by atoms with Gasteiger partial charge in [-0.05, 0) is 61.1 Å². The molecule has 0 saturated carbocycles. The molecular weight excluding hydrogens is 453 g/mol. The van der Waals surface area contributed by atoms with Crippen molar-refractivity contribution in [2.75, 3.05) is 5.32 Å². The summed E-state index contributed by atoms with van der Waals surface area (Å²) in [4.78, 5) is 25.0. The van der Waals surface area contributed by atoms with Gasteiger partial charge in [0.15, 0.2) is 10.6 Å². The minimum atomic E-state index is -0.406. The van der Waals surface area contributed by atoms with Gasteiger partial charge in [0.2, 0.25) is 5.91 Å². The van der Waals surface area contributed by atoms with Crippen LogP contribution in [0.25, 0.3) is 11.4 Å². The minimum Gasteiger partial charge on any atom is -0.350 e. The lowest BCUT2D eigenvalue weighted by Crippen LogP contribution is -2.27. The maximum atomic E-state index is 13.1. The second-order valence-corrected chi connectivity index (χ2v) is 8.13. The van der Waals surface area contributed by atoms with Crippen LogP contribution >= 0.6 is 12.2 Å². The molecule has 0 unspecified atom stereocenters. The predicted molar refractivity (Wildman–Crippen MR) is 130 cm³/mol. The molecule has 0 aliphatic heterocycles. The molecule has 0 aliphatic carbocycles. The number of anilines is 1. The molecule has 1 heterocycles. The highest BCUT2D eigenvalue weighted by Gasteiger charge is 2.13. The molecule has 4 aromatic rings. The van der Waals surface area contributed by atoms with E-state index in [1.165, 1.54) is 24.3 Å². The molecule has 0 spiro atoms. The quantitative estimate of drug-likeness (QED) is 0.340. The number of nitrogens with zero attached hydrogens (tertiary/aromatic N) is 2. The average Bonchev–Trinajstić information content (AvgIpc) is 3.19. The number of amides is 2. The van der Waals surface area contributed by atoms with Crippen molar-refractivity contribution in [3.8, 4) is 11.4 Å². The first kappa shape index (κ1) is 23.1. The number of benzene rings is 3. The molecule has 0 aliphatic rings. The Bertz CT molecular complexity index is 1380. The van der Waals surface area contributed by atoms with Gasteiger partial charge in [-0.2, -0.15) is 5.10 Å². The highest BCUT2D eigenvalue weighted by Crippen LogP contribution is 2.18. The number of halogens is 1. The number of hydrogen-bond acceptors (Lipinski definition) is 4. The zero-order valence-electron chi connectivity index (χ0n) is 18.3. The van der Waals surface area contributed by atoms with Crippen molar-refractivity contribution in [2.45, 2.75) is 20.0 Å². The van der Waals surface area contributed by atoms with Gasteiger partial charge in [0.25, 0.3) is 5.91 Å². The molecule has 34 heavy (non-hydrogen) atoms. The maximum absolute atomic E-state index is 13.1. The summed E-state index contributed by atoms with van der Waals surface area (Å²) in [6.07, 6.45) is 0. The highest BCUT2D eigenvalue weighted by molar-refractivity contribution is 7.71. The number of aryl methyl sites for hydroxylation is 1. The van der Waals surface area contributed by atoms with Crippen molar-refractivity contribution >= 4 is 29.7 Å². The normalized spacial score (nSPS) is 10.6. The molecule has 2 amide bonds. The first-order chi connectivity index (χ1) is 16.4. The van der Waals surface area contributed by atoms with Crippen LogP contribution in [-0.2, 0) is 17.9 Å². The van der Waals surface area contributed by atoms with Crippen molar-refractivity contribution in [1.29, 1.82) is 0 Å². The molecule has 3 aromatic carbocycles. The Hall–Kier alpha value is -4.11. The molecule has 9 heteroatoms.